The Morgan fingerprint density at radius 3 is 2.50 bits per heavy atom. The number of ether oxygens (including phenoxy) is 4. The van der Waals surface area contributed by atoms with Crippen molar-refractivity contribution in [3.63, 3.8) is 0 Å². The quantitative estimate of drug-likeness (QED) is 0.198. The van der Waals surface area contributed by atoms with Crippen LogP contribution < -0.4 is 0 Å². The predicted octanol–water partition coefficient (Wildman–Crippen LogP) is 1.71. The summed E-state index contributed by atoms with van der Waals surface area (Å²) in [6.45, 7) is 4.56. The van der Waals surface area contributed by atoms with Gasteiger partial charge in [0.05, 0.1) is 11.1 Å². The molecule has 0 aromatic carbocycles. The molecule has 4 atom stereocenters. The van der Waals surface area contributed by atoms with Gasteiger partial charge in [0.15, 0.2) is 23.6 Å². The van der Waals surface area contributed by atoms with Crippen molar-refractivity contribution in [2.75, 3.05) is 6.61 Å². The smallest absolute Gasteiger partial charge is 0.303 e. The van der Waals surface area contributed by atoms with Crippen LogP contribution in [0.3, 0.4) is 0 Å². The van der Waals surface area contributed by atoms with Gasteiger partial charge in [-0.05, 0) is 6.92 Å². The van der Waals surface area contributed by atoms with E-state index in [1.165, 1.54) is 18.4 Å². The fraction of sp³-hybridized carbons (Fsp3) is 0.500. The Kier molecular flexibility index (Phi) is 6.32. The molecule has 0 radical (unpaired) electrons. The second kappa shape index (κ2) is 8.67. The van der Waals surface area contributed by atoms with Crippen molar-refractivity contribution in [1.82, 2.24) is 14.5 Å². The number of fused-ring (bicyclic) bond motifs is 1. The van der Waals surface area contributed by atoms with Crippen molar-refractivity contribution in [3.05, 3.63) is 27.8 Å². The van der Waals surface area contributed by atoms with Gasteiger partial charge in [-0.3, -0.25) is 29.1 Å². The zero-order chi connectivity index (χ0) is 23.8. The van der Waals surface area contributed by atoms with E-state index >= 15 is 0 Å². The van der Waals surface area contributed by atoms with Gasteiger partial charge in [-0.2, -0.15) is 0 Å². The molecule has 0 saturated carbocycles. The molecule has 1 fully saturated rings. The molecule has 2 aromatic rings. The van der Waals surface area contributed by atoms with E-state index in [2.05, 4.69) is 9.97 Å². The lowest BCUT2D eigenvalue weighted by Crippen LogP contribution is -2.50. The monoisotopic (exact) mass is 470 g/mol. The maximum atomic E-state index is 11.9. The van der Waals surface area contributed by atoms with Crippen LogP contribution in [0.2, 0.25) is 5.15 Å². The van der Waals surface area contributed by atoms with E-state index in [-0.39, 0.29) is 22.8 Å². The number of esters is 3. The Hall–Kier alpha value is -3.32. The number of carbonyl (C=O) groups is 3. The first-order chi connectivity index (χ1) is 15.0. The standard InChI is InChI=1S/C18H19ClN4O9/c1-8(24)29-6-12-14(30-9(2)25)18(4,32-10(3)26)17(31-12)22-5-11(23(27)28)13-15(19)20-7-21-16(13)22/h5,7,12,14,17H,6H2,1-4H3/t12-,14-,17-,18?/m1/s1. The van der Waals surface area contributed by atoms with Crippen molar-refractivity contribution < 1.29 is 38.3 Å². The summed E-state index contributed by atoms with van der Waals surface area (Å²) in [4.78, 5) is 53.8. The molecule has 14 heteroatoms. The summed E-state index contributed by atoms with van der Waals surface area (Å²) in [5.74, 6) is -2.06. The minimum absolute atomic E-state index is 0.0230. The maximum Gasteiger partial charge on any atom is 0.303 e. The average Bonchev–Trinajstić information content (AvgIpc) is 3.17. The average molecular weight is 471 g/mol. The molecule has 13 nitrogen and oxygen atoms in total. The van der Waals surface area contributed by atoms with E-state index in [0.29, 0.717) is 0 Å². The molecule has 2 aromatic heterocycles. The SMILES string of the molecule is CC(=O)OC[C@H]1O[C@@H](n2cc([N+](=O)[O-])c3c(Cl)ncnc32)C(C)(OC(C)=O)[C@@H]1OC(C)=O. The maximum absolute atomic E-state index is 11.9. The van der Waals surface area contributed by atoms with Crippen molar-refractivity contribution >= 4 is 46.2 Å². The molecule has 3 heterocycles. The van der Waals surface area contributed by atoms with Gasteiger partial charge < -0.3 is 18.9 Å². The molecule has 0 spiro atoms. The van der Waals surface area contributed by atoms with Gasteiger partial charge in [0.1, 0.15) is 29.6 Å². The van der Waals surface area contributed by atoms with Crippen molar-refractivity contribution in [3.8, 4) is 0 Å². The summed E-state index contributed by atoms with van der Waals surface area (Å²) in [5, 5.41) is 11.4. The first kappa shape index (κ1) is 23.3. The van der Waals surface area contributed by atoms with Crippen molar-refractivity contribution in [2.45, 2.75) is 51.7 Å². The molecular weight excluding hydrogens is 452 g/mol. The minimum atomic E-state index is -1.68. The van der Waals surface area contributed by atoms with Crippen LogP contribution >= 0.6 is 11.6 Å². The fourth-order valence-electron chi connectivity index (χ4n) is 3.69. The van der Waals surface area contributed by atoms with Gasteiger partial charge in [0, 0.05) is 20.8 Å². The summed E-state index contributed by atoms with van der Waals surface area (Å²) in [5.41, 5.74) is -2.07. The topological polar surface area (TPSA) is 162 Å². The molecule has 0 N–H and O–H groups in total. The Morgan fingerprint density at radius 2 is 1.94 bits per heavy atom. The van der Waals surface area contributed by atoms with Crippen LogP contribution in [0.5, 0.6) is 0 Å². The number of nitro groups is 1. The summed E-state index contributed by atoms with van der Waals surface area (Å²) in [6, 6.07) is 0. The third-order valence-corrected chi connectivity index (χ3v) is 5.08. The molecule has 1 unspecified atom stereocenters. The summed E-state index contributed by atoms with van der Waals surface area (Å²) in [7, 11) is 0. The minimum Gasteiger partial charge on any atom is -0.463 e. The highest BCUT2D eigenvalue weighted by atomic mass is 35.5. The number of rotatable bonds is 6. The zero-order valence-electron chi connectivity index (χ0n) is 17.4. The number of halogens is 1. The molecule has 0 aliphatic carbocycles. The number of hydrogen-bond donors (Lipinski definition) is 0. The van der Waals surface area contributed by atoms with E-state index in [1.54, 1.807) is 0 Å². The van der Waals surface area contributed by atoms with E-state index in [4.69, 9.17) is 30.5 Å². The zero-order valence-corrected chi connectivity index (χ0v) is 18.2. The van der Waals surface area contributed by atoms with Gasteiger partial charge in [-0.15, -0.1) is 0 Å². The molecule has 1 saturated heterocycles. The van der Waals surface area contributed by atoms with Gasteiger partial charge in [-0.1, -0.05) is 11.6 Å². The number of aromatic nitrogens is 3. The molecule has 3 rings (SSSR count). The van der Waals surface area contributed by atoms with Crippen molar-refractivity contribution in [1.29, 1.82) is 0 Å². The summed E-state index contributed by atoms with van der Waals surface area (Å²) < 4.78 is 23.1. The Balaban J connectivity index is 2.20. The van der Waals surface area contributed by atoms with Crippen LogP contribution in [0.15, 0.2) is 12.5 Å². The number of carbonyl (C=O) groups excluding carboxylic acids is 3. The van der Waals surface area contributed by atoms with Crippen molar-refractivity contribution in [2.24, 2.45) is 0 Å². The van der Waals surface area contributed by atoms with E-state index in [9.17, 15) is 24.5 Å². The molecule has 0 amide bonds. The van der Waals surface area contributed by atoms with E-state index in [1.807, 2.05) is 0 Å². The Labute approximate surface area is 185 Å². The molecule has 1 aliphatic rings. The van der Waals surface area contributed by atoms with Gasteiger partial charge >= 0.3 is 17.9 Å². The Morgan fingerprint density at radius 1 is 1.25 bits per heavy atom. The number of nitrogens with zero attached hydrogens (tertiary/aromatic N) is 4. The molecular formula is C18H19ClN4O9. The van der Waals surface area contributed by atoms with Gasteiger partial charge in [0.2, 0.25) is 0 Å². The molecule has 1 aliphatic heterocycles. The molecule has 172 valence electrons. The summed E-state index contributed by atoms with van der Waals surface area (Å²) in [6.07, 6.45) is -1.34. The van der Waals surface area contributed by atoms with Crippen LogP contribution in [0.1, 0.15) is 33.9 Å². The predicted molar refractivity (Wildman–Crippen MR) is 105 cm³/mol. The Bertz CT molecular complexity index is 1100. The lowest BCUT2D eigenvalue weighted by Gasteiger charge is -2.34. The normalized spacial score (nSPS) is 24.8. The first-order valence-corrected chi connectivity index (χ1v) is 9.64. The van der Waals surface area contributed by atoms with Crippen LogP contribution in [-0.2, 0) is 33.3 Å². The van der Waals surface area contributed by atoms with E-state index in [0.717, 1.165) is 26.4 Å². The highest BCUT2D eigenvalue weighted by molar-refractivity contribution is 6.34. The second-order valence-corrected chi connectivity index (χ2v) is 7.54. The molecule has 32 heavy (non-hydrogen) atoms. The van der Waals surface area contributed by atoms with Gasteiger partial charge in [0.25, 0.3) is 5.69 Å². The van der Waals surface area contributed by atoms with Crippen LogP contribution in [-0.4, -0.2) is 61.8 Å². The highest BCUT2D eigenvalue weighted by Gasteiger charge is 2.60. The third kappa shape index (κ3) is 4.21. The van der Waals surface area contributed by atoms with Crippen LogP contribution in [0.25, 0.3) is 11.0 Å². The molecule has 0 bridgehead atoms. The fourth-order valence-corrected chi connectivity index (χ4v) is 3.91. The lowest BCUT2D eigenvalue weighted by molar-refractivity contribution is -0.383. The summed E-state index contributed by atoms with van der Waals surface area (Å²) >= 11 is 6.07. The lowest BCUT2D eigenvalue weighted by atomic mass is 9.95. The largest absolute Gasteiger partial charge is 0.463 e. The van der Waals surface area contributed by atoms with E-state index < -0.39 is 52.6 Å². The number of hydrogen-bond acceptors (Lipinski definition) is 11. The third-order valence-electron chi connectivity index (χ3n) is 4.80. The second-order valence-electron chi connectivity index (χ2n) is 7.18. The highest BCUT2D eigenvalue weighted by Crippen LogP contribution is 2.46. The van der Waals surface area contributed by atoms with Gasteiger partial charge in [-0.25, -0.2) is 9.97 Å². The first-order valence-electron chi connectivity index (χ1n) is 9.26. The van der Waals surface area contributed by atoms with Crippen LogP contribution in [0.4, 0.5) is 5.69 Å². The van der Waals surface area contributed by atoms with Crippen LogP contribution in [0, 0.1) is 10.1 Å².